The van der Waals surface area contributed by atoms with Crippen molar-refractivity contribution in [3.8, 4) is 0 Å². The summed E-state index contributed by atoms with van der Waals surface area (Å²) in [5.41, 5.74) is 1.34. The van der Waals surface area contributed by atoms with Crippen LogP contribution in [-0.4, -0.2) is 20.2 Å². The quantitative estimate of drug-likeness (QED) is 0.476. The molecule has 2 nitrogen and oxygen atoms in total. The van der Waals surface area contributed by atoms with E-state index >= 15 is 0 Å². The van der Waals surface area contributed by atoms with Crippen molar-refractivity contribution >= 4 is 30.6 Å². The molecule has 1 unspecified atom stereocenters. The standard InChI is InChI=1S/C25H21FO2Si/c1-29(21-8-4-2-5-9-21,22-10-6-3-7-11-22)28-25-17-16-24(27)23(25)18-19-12-14-20(26)15-13-19/h2-18,25H,1H3/b23-18+. The second kappa shape index (κ2) is 8.11. The van der Waals surface area contributed by atoms with Crippen LogP contribution >= 0.6 is 0 Å². The highest BCUT2D eigenvalue weighted by atomic mass is 28.4. The zero-order valence-electron chi connectivity index (χ0n) is 16.1. The molecule has 1 aliphatic carbocycles. The highest BCUT2D eigenvalue weighted by Gasteiger charge is 2.39. The Hall–Kier alpha value is -3.08. The molecule has 0 amide bonds. The fraction of sp³-hybridized carbons (Fsp3) is 0.0800. The van der Waals surface area contributed by atoms with Gasteiger partial charge >= 0.3 is 0 Å². The van der Waals surface area contributed by atoms with Crippen LogP contribution in [-0.2, 0) is 9.22 Å². The number of carbonyl (C=O) groups is 1. The number of benzene rings is 3. The molecule has 1 atom stereocenters. The fourth-order valence-electron chi connectivity index (χ4n) is 3.58. The predicted molar refractivity (Wildman–Crippen MR) is 117 cm³/mol. The third-order valence-corrected chi connectivity index (χ3v) is 8.81. The molecular formula is C25H21FO2Si. The maximum Gasteiger partial charge on any atom is 0.254 e. The summed E-state index contributed by atoms with van der Waals surface area (Å²) in [5, 5.41) is 2.28. The molecule has 4 rings (SSSR count). The minimum atomic E-state index is -2.57. The lowest BCUT2D eigenvalue weighted by Gasteiger charge is -2.31. The normalized spacial score (nSPS) is 17.8. The molecule has 0 saturated heterocycles. The van der Waals surface area contributed by atoms with Crippen LogP contribution in [0.5, 0.6) is 0 Å². The van der Waals surface area contributed by atoms with Crippen LogP contribution in [0.1, 0.15) is 5.56 Å². The molecule has 4 heteroatoms. The second-order valence-electron chi connectivity index (χ2n) is 7.18. The van der Waals surface area contributed by atoms with Gasteiger partial charge in [-0.05, 0) is 52.8 Å². The average Bonchev–Trinajstić information content (AvgIpc) is 3.10. The Morgan fingerprint density at radius 1 is 0.862 bits per heavy atom. The van der Waals surface area contributed by atoms with Crippen LogP contribution in [0.2, 0.25) is 6.55 Å². The van der Waals surface area contributed by atoms with E-state index in [2.05, 4.69) is 30.8 Å². The summed E-state index contributed by atoms with van der Waals surface area (Å²) >= 11 is 0. The molecule has 0 aromatic heterocycles. The molecule has 0 aliphatic heterocycles. The van der Waals surface area contributed by atoms with E-state index in [1.165, 1.54) is 12.1 Å². The SMILES string of the molecule is C[Si](OC1C=CC(=O)/C1=C\c1ccc(F)cc1)(c1ccccc1)c1ccccc1. The molecule has 144 valence electrons. The van der Waals surface area contributed by atoms with Gasteiger partial charge in [0.25, 0.3) is 8.32 Å². The predicted octanol–water partition coefficient (Wildman–Crippen LogP) is 4.12. The lowest BCUT2D eigenvalue weighted by Crippen LogP contribution is -2.59. The Labute approximate surface area is 171 Å². The van der Waals surface area contributed by atoms with Crippen LogP contribution in [0.4, 0.5) is 4.39 Å². The van der Waals surface area contributed by atoms with Crippen molar-refractivity contribution in [3.63, 3.8) is 0 Å². The molecule has 3 aromatic rings. The van der Waals surface area contributed by atoms with Gasteiger partial charge in [-0.1, -0.05) is 72.8 Å². The summed E-state index contributed by atoms with van der Waals surface area (Å²) in [6.45, 7) is 2.16. The van der Waals surface area contributed by atoms with Crippen LogP contribution in [0, 0.1) is 5.82 Å². The second-order valence-corrected chi connectivity index (χ2v) is 10.6. The summed E-state index contributed by atoms with van der Waals surface area (Å²) in [4.78, 5) is 12.5. The average molecular weight is 401 g/mol. The van der Waals surface area contributed by atoms with Gasteiger partial charge in [-0.3, -0.25) is 4.79 Å². The lowest BCUT2D eigenvalue weighted by molar-refractivity contribution is -0.111. The van der Waals surface area contributed by atoms with Crippen molar-refractivity contribution in [2.24, 2.45) is 0 Å². The van der Waals surface area contributed by atoms with E-state index < -0.39 is 14.4 Å². The highest BCUT2D eigenvalue weighted by molar-refractivity contribution is 6.96. The monoisotopic (exact) mass is 400 g/mol. The minimum absolute atomic E-state index is 0.0724. The van der Waals surface area contributed by atoms with Crippen LogP contribution in [0.25, 0.3) is 6.08 Å². The largest absolute Gasteiger partial charge is 0.398 e. The zero-order chi connectivity index (χ0) is 20.3. The lowest BCUT2D eigenvalue weighted by atomic mass is 10.1. The molecule has 1 aliphatic rings. The molecule has 29 heavy (non-hydrogen) atoms. The maximum atomic E-state index is 13.2. The first-order chi connectivity index (χ1) is 14.1. The molecule has 0 spiro atoms. The minimum Gasteiger partial charge on any atom is -0.398 e. The van der Waals surface area contributed by atoms with Crippen molar-refractivity contribution in [1.29, 1.82) is 0 Å². The molecule has 0 radical (unpaired) electrons. The summed E-state index contributed by atoms with van der Waals surface area (Å²) in [7, 11) is -2.57. The highest BCUT2D eigenvalue weighted by Crippen LogP contribution is 2.24. The van der Waals surface area contributed by atoms with Crippen LogP contribution in [0.3, 0.4) is 0 Å². The summed E-state index contributed by atoms with van der Waals surface area (Å²) in [6.07, 6.45) is 4.72. The third kappa shape index (κ3) is 4.04. The maximum absolute atomic E-state index is 13.2. The van der Waals surface area contributed by atoms with Crippen LogP contribution < -0.4 is 10.4 Å². The Morgan fingerprint density at radius 3 is 1.97 bits per heavy atom. The van der Waals surface area contributed by atoms with Crippen LogP contribution in [0.15, 0.2) is 103 Å². The summed E-state index contributed by atoms with van der Waals surface area (Å²) in [5.74, 6) is -0.374. The van der Waals surface area contributed by atoms with E-state index in [9.17, 15) is 9.18 Å². The van der Waals surface area contributed by atoms with E-state index in [-0.39, 0.29) is 11.6 Å². The molecule has 0 N–H and O–H groups in total. The topological polar surface area (TPSA) is 26.3 Å². The van der Waals surface area contributed by atoms with Crippen molar-refractivity contribution in [1.82, 2.24) is 0 Å². The van der Waals surface area contributed by atoms with E-state index in [0.717, 1.165) is 15.9 Å². The first-order valence-electron chi connectivity index (χ1n) is 9.55. The number of carbonyl (C=O) groups excluding carboxylic acids is 1. The Kier molecular flexibility index (Phi) is 5.38. The number of ketones is 1. The van der Waals surface area contributed by atoms with E-state index in [4.69, 9.17) is 4.43 Å². The summed E-state index contributed by atoms with van der Waals surface area (Å²) in [6, 6.07) is 26.5. The number of rotatable bonds is 5. The smallest absolute Gasteiger partial charge is 0.254 e. The van der Waals surface area contributed by atoms with Gasteiger partial charge in [0.1, 0.15) is 5.82 Å². The number of hydrogen-bond acceptors (Lipinski definition) is 2. The molecular weight excluding hydrogens is 379 g/mol. The van der Waals surface area contributed by atoms with Crippen molar-refractivity contribution in [3.05, 3.63) is 114 Å². The van der Waals surface area contributed by atoms with Gasteiger partial charge in [0.2, 0.25) is 0 Å². The third-order valence-electron chi connectivity index (χ3n) is 5.22. The van der Waals surface area contributed by atoms with Gasteiger partial charge in [0.15, 0.2) is 5.78 Å². The van der Waals surface area contributed by atoms with Crippen molar-refractivity contribution in [2.75, 3.05) is 0 Å². The summed E-state index contributed by atoms with van der Waals surface area (Å²) < 4.78 is 20.0. The van der Waals surface area contributed by atoms with E-state index in [0.29, 0.717) is 5.57 Å². The van der Waals surface area contributed by atoms with E-state index in [1.54, 1.807) is 24.3 Å². The van der Waals surface area contributed by atoms with Crippen molar-refractivity contribution < 1.29 is 13.6 Å². The Balaban J connectivity index is 1.72. The van der Waals surface area contributed by atoms with Gasteiger partial charge in [0.05, 0.1) is 6.10 Å². The molecule has 3 aromatic carbocycles. The molecule has 0 fully saturated rings. The fourth-order valence-corrected chi connectivity index (χ4v) is 6.55. The van der Waals surface area contributed by atoms with Gasteiger partial charge in [-0.25, -0.2) is 4.39 Å². The van der Waals surface area contributed by atoms with Crippen molar-refractivity contribution in [2.45, 2.75) is 12.7 Å². The first-order valence-corrected chi connectivity index (χ1v) is 12.0. The molecule has 0 bridgehead atoms. The molecule has 0 heterocycles. The Bertz CT molecular complexity index is 1020. The van der Waals surface area contributed by atoms with Gasteiger partial charge in [-0.2, -0.15) is 0 Å². The van der Waals surface area contributed by atoms with Gasteiger partial charge in [0, 0.05) is 5.57 Å². The Morgan fingerprint density at radius 2 is 1.41 bits per heavy atom. The zero-order valence-corrected chi connectivity index (χ0v) is 17.1. The van der Waals surface area contributed by atoms with E-state index in [1.807, 2.05) is 42.5 Å². The molecule has 0 saturated carbocycles. The van der Waals surface area contributed by atoms with Gasteiger partial charge in [-0.15, -0.1) is 0 Å². The van der Waals surface area contributed by atoms with Gasteiger partial charge < -0.3 is 4.43 Å². The number of allylic oxidation sites excluding steroid dienone is 1. The first kappa shape index (κ1) is 19.2. The number of halogens is 1. The number of hydrogen-bond donors (Lipinski definition) is 0.